The van der Waals surface area contributed by atoms with Crippen molar-refractivity contribution in [1.29, 1.82) is 0 Å². The summed E-state index contributed by atoms with van der Waals surface area (Å²) >= 11 is 0. The Labute approximate surface area is 117 Å². The van der Waals surface area contributed by atoms with E-state index in [0.717, 1.165) is 18.5 Å². The summed E-state index contributed by atoms with van der Waals surface area (Å²) in [7, 11) is -3.07. The van der Waals surface area contributed by atoms with Crippen molar-refractivity contribution in [2.45, 2.75) is 39.0 Å². The zero-order chi connectivity index (χ0) is 14.3. The zero-order valence-corrected chi connectivity index (χ0v) is 12.9. The van der Waals surface area contributed by atoms with Crippen LogP contribution in [-0.2, 0) is 15.6 Å². The second kappa shape index (κ2) is 7.65. The lowest BCUT2D eigenvalue weighted by Crippen LogP contribution is -2.40. The second-order valence-electron chi connectivity index (χ2n) is 5.34. The van der Waals surface area contributed by atoms with Gasteiger partial charge in [-0.2, -0.15) is 0 Å². The van der Waals surface area contributed by atoms with Gasteiger partial charge in [-0.25, -0.2) is 8.42 Å². The highest BCUT2D eigenvalue weighted by Crippen LogP contribution is 2.11. The third-order valence-electron chi connectivity index (χ3n) is 3.12. The van der Waals surface area contributed by atoms with E-state index >= 15 is 0 Å². The Kier molecular flexibility index (Phi) is 6.52. The van der Waals surface area contributed by atoms with Crippen LogP contribution in [0, 0.1) is 5.92 Å². The average molecular weight is 283 g/mol. The summed E-state index contributed by atoms with van der Waals surface area (Å²) in [5.41, 5.74) is 0.862. The SMILES string of the molecule is CCCNC(CS(=O)(=O)Cc1ccccc1)C(C)C. The number of benzene rings is 1. The molecule has 4 heteroatoms. The number of sulfone groups is 1. The minimum absolute atomic E-state index is 0.0358. The summed E-state index contributed by atoms with van der Waals surface area (Å²) in [6, 6.07) is 9.41. The van der Waals surface area contributed by atoms with Crippen LogP contribution < -0.4 is 5.32 Å². The van der Waals surface area contributed by atoms with Crippen molar-refractivity contribution in [3.05, 3.63) is 35.9 Å². The summed E-state index contributed by atoms with van der Waals surface area (Å²) < 4.78 is 24.5. The van der Waals surface area contributed by atoms with E-state index in [0.29, 0.717) is 5.92 Å². The van der Waals surface area contributed by atoms with Crippen LogP contribution >= 0.6 is 0 Å². The van der Waals surface area contributed by atoms with Gasteiger partial charge in [-0.1, -0.05) is 51.1 Å². The molecule has 1 aromatic carbocycles. The van der Waals surface area contributed by atoms with Crippen molar-refractivity contribution in [2.24, 2.45) is 5.92 Å². The molecule has 19 heavy (non-hydrogen) atoms. The molecule has 1 aromatic rings. The van der Waals surface area contributed by atoms with E-state index in [1.54, 1.807) is 0 Å². The van der Waals surface area contributed by atoms with Gasteiger partial charge >= 0.3 is 0 Å². The number of rotatable bonds is 8. The first kappa shape index (κ1) is 16.2. The first-order valence-electron chi connectivity index (χ1n) is 6.92. The number of hydrogen-bond acceptors (Lipinski definition) is 3. The molecule has 0 saturated heterocycles. The van der Waals surface area contributed by atoms with Crippen molar-refractivity contribution in [1.82, 2.24) is 5.32 Å². The van der Waals surface area contributed by atoms with E-state index < -0.39 is 9.84 Å². The van der Waals surface area contributed by atoms with Gasteiger partial charge < -0.3 is 5.32 Å². The molecule has 0 bridgehead atoms. The number of hydrogen-bond donors (Lipinski definition) is 1. The largest absolute Gasteiger partial charge is 0.313 e. The fourth-order valence-corrected chi connectivity index (χ4v) is 3.85. The predicted octanol–water partition coefficient (Wildman–Crippen LogP) is 2.63. The smallest absolute Gasteiger partial charge is 0.155 e. The molecule has 3 nitrogen and oxygen atoms in total. The first-order chi connectivity index (χ1) is 8.94. The minimum atomic E-state index is -3.07. The maximum atomic E-state index is 12.2. The quantitative estimate of drug-likeness (QED) is 0.798. The topological polar surface area (TPSA) is 46.2 Å². The highest BCUT2D eigenvalue weighted by atomic mass is 32.2. The summed E-state index contributed by atoms with van der Waals surface area (Å²) in [5.74, 6) is 0.654. The van der Waals surface area contributed by atoms with Crippen LogP contribution in [0.1, 0.15) is 32.8 Å². The van der Waals surface area contributed by atoms with Crippen molar-refractivity contribution >= 4 is 9.84 Å². The molecular weight excluding hydrogens is 258 g/mol. The molecule has 0 radical (unpaired) electrons. The molecule has 0 fully saturated rings. The van der Waals surface area contributed by atoms with Crippen LogP contribution in [0.3, 0.4) is 0 Å². The van der Waals surface area contributed by atoms with Crippen molar-refractivity contribution < 1.29 is 8.42 Å². The van der Waals surface area contributed by atoms with E-state index in [2.05, 4.69) is 26.1 Å². The van der Waals surface area contributed by atoms with Gasteiger partial charge in [-0.05, 0) is 24.4 Å². The Bertz CT molecular complexity index is 454. The second-order valence-corrected chi connectivity index (χ2v) is 7.45. The predicted molar refractivity (Wildman–Crippen MR) is 80.9 cm³/mol. The van der Waals surface area contributed by atoms with Crippen molar-refractivity contribution in [3.63, 3.8) is 0 Å². The lowest BCUT2D eigenvalue weighted by Gasteiger charge is -2.22. The monoisotopic (exact) mass is 283 g/mol. The van der Waals surface area contributed by atoms with Gasteiger partial charge in [0.25, 0.3) is 0 Å². The summed E-state index contributed by atoms with van der Waals surface area (Å²) in [6.07, 6.45) is 1.02. The van der Waals surface area contributed by atoms with E-state index in [4.69, 9.17) is 0 Å². The minimum Gasteiger partial charge on any atom is -0.313 e. The Morgan fingerprint density at radius 2 is 1.79 bits per heavy atom. The van der Waals surface area contributed by atoms with Crippen LogP contribution in [0.25, 0.3) is 0 Å². The van der Waals surface area contributed by atoms with Crippen LogP contribution in [0.4, 0.5) is 0 Å². The summed E-state index contributed by atoms with van der Waals surface area (Å²) in [6.45, 7) is 7.07. The van der Waals surface area contributed by atoms with Gasteiger partial charge in [0.05, 0.1) is 11.5 Å². The molecule has 1 rings (SSSR count). The van der Waals surface area contributed by atoms with Crippen molar-refractivity contribution in [2.75, 3.05) is 12.3 Å². The molecule has 1 unspecified atom stereocenters. The molecule has 1 N–H and O–H groups in total. The Morgan fingerprint density at radius 3 is 2.32 bits per heavy atom. The molecule has 1 atom stereocenters. The van der Waals surface area contributed by atoms with Gasteiger partial charge in [-0.15, -0.1) is 0 Å². The van der Waals surface area contributed by atoms with Gasteiger partial charge in [0.1, 0.15) is 0 Å². The van der Waals surface area contributed by atoms with Gasteiger partial charge in [0.15, 0.2) is 9.84 Å². The molecule has 0 aliphatic heterocycles. The maximum absolute atomic E-state index is 12.2. The van der Waals surface area contributed by atoms with Crippen LogP contribution in [0.15, 0.2) is 30.3 Å². The molecule has 0 spiro atoms. The average Bonchev–Trinajstić information content (AvgIpc) is 2.34. The highest BCUT2D eigenvalue weighted by Gasteiger charge is 2.21. The van der Waals surface area contributed by atoms with Gasteiger partial charge in [0, 0.05) is 6.04 Å². The fourth-order valence-electron chi connectivity index (χ4n) is 1.98. The van der Waals surface area contributed by atoms with Gasteiger partial charge in [0.2, 0.25) is 0 Å². The molecule has 0 heterocycles. The standard InChI is InChI=1S/C15H25NO2S/c1-4-10-16-15(13(2)3)12-19(17,18)11-14-8-6-5-7-9-14/h5-9,13,15-16H,4,10-12H2,1-3H3. The van der Waals surface area contributed by atoms with Crippen molar-refractivity contribution in [3.8, 4) is 0 Å². The third-order valence-corrected chi connectivity index (χ3v) is 4.76. The van der Waals surface area contributed by atoms with E-state index in [1.165, 1.54) is 0 Å². The normalized spacial score (nSPS) is 13.7. The molecular formula is C15H25NO2S. The Balaban J connectivity index is 2.66. The van der Waals surface area contributed by atoms with Crippen LogP contribution in [0.2, 0.25) is 0 Å². The first-order valence-corrected chi connectivity index (χ1v) is 8.74. The highest BCUT2D eigenvalue weighted by molar-refractivity contribution is 7.90. The Hall–Kier alpha value is -0.870. The Morgan fingerprint density at radius 1 is 1.16 bits per heavy atom. The van der Waals surface area contributed by atoms with Crippen LogP contribution in [-0.4, -0.2) is 26.8 Å². The summed E-state index contributed by atoms with van der Waals surface area (Å²) in [5, 5.41) is 3.33. The van der Waals surface area contributed by atoms with Crippen LogP contribution in [0.5, 0.6) is 0 Å². The molecule has 108 valence electrons. The molecule has 0 saturated carbocycles. The molecule has 0 aliphatic carbocycles. The van der Waals surface area contributed by atoms with Gasteiger partial charge in [-0.3, -0.25) is 0 Å². The number of nitrogens with one attached hydrogen (secondary N) is 1. The van der Waals surface area contributed by atoms with E-state index in [-0.39, 0.29) is 17.5 Å². The van der Waals surface area contributed by atoms with E-state index in [9.17, 15) is 8.42 Å². The fraction of sp³-hybridized carbons (Fsp3) is 0.600. The third kappa shape index (κ3) is 6.21. The van der Waals surface area contributed by atoms with E-state index in [1.807, 2.05) is 30.3 Å². The maximum Gasteiger partial charge on any atom is 0.155 e. The zero-order valence-electron chi connectivity index (χ0n) is 12.1. The molecule has 0 aromatic heterocycles. The summed E-state index contributed by atoms with van der Waals surface area (Å²) in [4.78, 5) is 0. The lowest BCUT2D eigenvalue weighted by atomic mass is 10.1. The molecule has 0 aliphatic rings. The lowest BCUT2D eigenvalue weighted by molar-refractivity contribution is 0.426. The molecule has 0 amide bonds.